The van der Waals surface area contributed by atoms with Crippen molar-refractivity contribution in [1.82, 2.24) is 9.29 Å². The van der Waals surface area contributed by atoms with E-state index >= 15 is 0 Å². The summed E-state index contributed by atoms with van der Waals surface area (Å²) in [7, 11) is -3.47. The third kappa shape index (κ3) is 3.04. The van der Waals surface area contributed by atoms with E-state index in [2.05, 4.69) is 10.3 Å². The molecule has 0 aliphatic carbocycles. The second kappa shape index (κ2) is 6.11. The summed E-state index contributed by atoms with van der Waals surface area (Å²) in [5, 5.41) is 3.09. The van der Waals surface area contributed by atoms with Crippen molar-refractivity contribution in [3.63, 3.8) is 0 Å². The highest BCUT2D eigenvalue weighted by Gasteiger charge is 2.32. The monoisotopic (exact) mass is 301 g/mol. The van der Waals surface area contributed by atoms with Crippen molar-refractivity contribution >= 4 is 27.5 Å². The van der Waals surface area contributed by atoms with E-state index in [-0.39, 0.29) is 10.9 Å². The van der Waals surface area contributed by atoms with Gasteiger partial charge in [0, 0.05) is 43.0 Å². The fourth-order valence-corrected chi connectivity index (χ4v) is 5.09. The zero-order valence-electron chi connectivity index (χ0n) is 11.2. The summed E-state index contributed by atoms with van der Waals surface area (Å²) in [5.41, 5.74) is 0.628. The first-order valence-electron chi connectivity index (χ1n) is 6.35. The molecular formula is C12H19N3O2S2. The smallest absolute Gasteiger partial charge is 0.246 e. The fourth-order valence-electron chi connectivity index (χ4n) is 2.12. The number of rotatable bonds is 4. The van der Waals surface area contributed by atoms with Gasteiger partial charge < -0.3 is 5.32 Å². The van der Waals surface area contributed by atoms with Crippen molar-refractivity contribution in [3.05, 3.63) is 18.5 Å². The Kier molecular flexibility index (Phi) is 4.70. The standard InChI is InChI=1S/C12H19N3O2S2/c1-3-14-11-4-5-13-8-12(11)19(16,17)15-6-7-18-9-10(15)2/h4-5,8,10H,3,6-7,9H2,1-2H3,(H,13,14). The molecule has 0 amide bonds. The molecule has 0 spiro atoms. The van der Waals surface area contributed by atoms with Crippen LogP contribution in [0.15, 0.2) is 23.4 Å². The van der Waals surface area contributed by atoms with Gasteiger partial charge in [-0.3, -0.25) is 4.98 Å². The molecule has 1 aromatic rings. The van der Waals surface area contributed by atoms with Crippen LogP contribution >= 0.6 is 11.8 Å². The summed E-state index contributed by atoms with van der Waals surface area (Å²) in [6.45, 7) is 5.14. The van der Waals surface area contributed by atoms with Gasteiger partial charge in [-0.15, -0.1) is 0 Å². The molecule has 0 saturated carbocycles. The normalized spacial score (nSPS) is 21.3. The topological polar surface area (TPSA) is 62.3 Å². The maximum atomic E-state index is 12.7. The minimum Gasteiger partial charge on any atom is -0.384 e. The first-order valence-corrected chi connectivity index (χ1v) is 8.94. The lowest BCUT2D eigenvalue weighted by Crippen LogP contribution is -2.44. The molecular weight excluding hydrogens is 282 g/mol. The van der Waals surface area contributed by atoms with Crippen LogP contribution < -0.4 is 5.32 Å². The van der Waals surface area contributed by atoms with Crippen molar-refractivity contribution < 1.29 is 8.42 Å². The van der Waals surface area contributed by atoms with Crippen molar-refractivity contribution in [2.24, 2.45) is 0 Å². The van der Waals surface area contributed by atoms with Crippen LogP contribution in [0.4, 0.5) is 5.69 Å². The first-order chi connectivity index (χ1) is 9.07. The number of nitrogens with zero attached hydrogens (tertiary/aromatic N) is 2. The molecule has 1 fully saturated rings. The lowest BCUT2D eigenvalue weighted by atomic mass is 10.4. The van der Waals surface area contributed by atoms with Gasteiger partial charge >= 0.3 is 0 Å². The highest BCUT2D eigenvalue weighted by Crippen LogP contribution is 2.28. The largest absolute Gasteiger partial charge is 0.384 e. The lowest BCUT2D eigenvalue weighted by Gasteiger charge is -2.32. The summed E-state index contributed by atoms with van der Waals surface area (Å²) in [6, 6.07) is 1.73. The van der Waals surface area contributed by atoms with Gasteiger partial charge in [0.2, 0.25) is 10.0 Å². The molecule has 0 radical (unpaired) electrons. The van der Waals surface area contributed by atoms with Crippen molar-refractivity contribution in [2.45, 2.75) is 24.8 Å². The summed E-state index contributed by atoms with van der Waals surface area (Å²) in [6.07, 6.45) is 3.04. The van der Waals surface area contributed by atoms with Gasteiger partial charge in [0.1, 0.15) is 4.90 Å². The summed E-state index contributed by atoms with van der Waals surface area (Å²) < 4.78 is 27.0. The van der Waals surface area contributed by atoms with Crippen molar-refractivity contribution in [2.75, 3.05) is 29.9 Å². The zero-order valence-corrected chi connectivity index (χ0v) is 12.8. The predicted molar refractivity (Wildman–Crippen MR) is 79.1 cm³/mol. The van der Waals surface area contributed by atoms with Gasteiger partial charge in [0.15, 0.2) is 0 Å². The van der Waals surface area contributed by atoms with E-state index in [0.29, 0.717) is 18.8 Å². The molecule has 1 aromatic heterocycles. The molecule has 7 heteroatoms. The van der Waals surface area contributed by atoms with Crippen LogP contribution in [-0.4, -0.2) is 48.3 Å². The van der Waals surface area contributed by atoms with E-state index in [9.17, 15) is 8.42 Å². The Morgan fingerprint density at radius 3 is 3.05 bits per heavy atom. The number of anilines is 1. The number of hydrogen-bond donors (Lipinski definition) is 1. The van der Waals surface area contributed by atoms with Crippen LogP contribution in [0.5, 0.6) is 0 Å². The molecule has 106 valence electrons. The number of nitrogens with one attached hydrogen (secondary N) is 1. The maximum Gasteiger partial charge on any atom is 0.246 e. The maximum absolute atomic E-state index is 12.7. The Hall–Kier alpha value is -0.790. The molecule has 2 heterocycles. The van der Waals surface area contributed by atoms with E-state index < -0.39 is 10.0 Å². The molecule has 5 nitrogen and oxygen atoms in total. The summed E-state index contributed by atoms with van der Waals surface area (Å²) in [5.74, 6) is 1.69. The zero-order chi connectivity index (χ0) is 13.9. The average molecular weight is 301 g/mol. The van der Waals surface area contributed by atoms with E-state index in [4.69, 9.17) is 0 Å². The van der Waals surface area contributed by atoms with Gasteiger partial charge in [-0.05, 0) is 19.9 Å². The van der Waals surface area contributed by atoms with Crippen LogP contribution in [0.2, 0.25) is 0 Å². The SMILES string of the molecule is CCNc1ccncc1S(=O)(=O)N1CCSCC1C. The third-order valence-corrected chi connectivity index (χ3v) is 6.28. The molecule has 1 saturated heterocycles. The summed E-state index contributed by atoms with van der Waals surface area (Å²) in [4.78, 5) is 4.24. The minimum atomic E-state index is -3.47. The van der Waals surface area contributed by atoms with Gasteiger partial charge in [0.25, 0.3) is 0 Å². The van der Waals surface area contributed by atoms with Crippen LogP contribution in [0.25, 0.3) is 0 Å². The Labute approximate surface area is 118 Å². The number of sulfonamides is 1. The predicted octanol–water partition coefficient (Wildman–Crippen LogP) is 1.64. The first kappa shape index (κ1) is 14.6. The summed E-state index contributed by atoms with van der Waals surface area (Å²) >= 11 is 1.80. The molecule has 1 aliphatic rings. The number of pyridine rings is 1. The highest BCUT2D eigenvalue weighted by molar-refractivity contribution is 7.99. The van der Waals surface area contributed by atoms with Crippen LogP contribution in [0, 0.1) is 0 Å². The molecule has 0 bridgehead atoms. The van der Waals surface area contributed by atoms with Crippen LogP contribution in [-0.2, 0) is 10.0 Å². The Morgan fingerprint density at radius 1 is 1.58 bits per heavy atom. The van der Waals surface area contributed by atoms with Crippen molar-refractivity contribution in [3.8, 4) is 0 Å². The molecule has 1 unspecified atom stereocenters. The molecule has 1 N–H and O–H groups in total. The Bertz CT molecular complexity index is 534. The van der Waals surface area contributed by atoms with Crippen LogP contribution in [0.1, 0.15) is 13.8 Å². The second-order valence-corrected chi connectivity index (χ2v) is 7.45. The molecule has 0 aromatic carbocycles. The number of hydrogen-bond acceptors (Lipinski definition) is 5. The molecule has 1 aliphatic heterocycles. The second-order valence-electron chi connectivity index (χ2n) is 4.44. The Morgan fingerprint density at radius 2 is 2.37 bits per heavy atom. The molecule has 19 heavy (non-hydrogen) atoms. The van der Waals surface area contributed by atoms with Gasteiger partial charge in [-0.1, -0.05) is 0 Å². The molecule has 2 rings (SSSR count). The van der Waals surface area contributed by atoms with E-state index in [1.807, 2.05) is 13.8 Å². The van der Waals surface area contributed by atoms with E-state index in [1.165, 1.54) is 6.20 Å². The van der Waals surface area contributed by atoms with Crippen LogP contribution in [0.3, 0.4) is 0 Å². The lowest BCUT2D eigenvalue weighted by molar-refractivity contribution is 0.367. The third-order valence-electron chi connectivity index (χ3n) is 3.05. The van der Waals surface area contributed by atoms with Crippen molar-refractivity contribution in [1.29, 1.82) is 0 Å². The Balaban J connectivity index is 2.38. The number of aromatic nitrogens is 1. The van der Waals surface area contributed by atoms with Gasteiger partial charge in [-0.25, -0.2) is 8.42 Å². The molecule has 1 atom stereocenters. The van der Waals surface area contributed by atoms with E-state index in [1.54, 1.807) is 28.3 Å². The fraction of sp³-hybridized carbons (Fsp3) is 0.583. The highest BCUT2D eigenvalue weighted by atomic mass is 32.2. The van der Waals surface area contributed by atoms with Gasteiger partial charge in [-0.2, -0.15) is 16.1 Å². The number of thioether (sulfide) groups is 1. The quantitative estimate of drug-likeness (QED) is 0.916. The average Bonchev–Trinajstić information content (AvgIpc) is 2.40. The minimum absolute atomic E-state index is 0.0263. The van der Waals surface area contributed by atoms with E-state index in [0.717, 1.165) is 11.5 Å². The van der Waals surface area contributed by atoms with Gasteiger partial charge in [0.05, 0.1) is 5.69 Å².